The molecular formula is C17H21N3O5S. The lowest BCUT2D eigenvalue weighted by Crippen LogP contribution is -2.52. The molecule has 1 aromatic rings. The Hall–Kier alpha value is -2.55. The van der Waals surface area contributed by atoms with Crippen molar-refractivity contribution in [3.05, 3.63) is 16.5 Å². The van der Waals surface area contributed by atoms with E-state index in [0.717, 1.165) is 9.88 Å². The van der Waals surface area contributed by atoms with Gasteiger partial charge in [0.1, 0.15) is 18.6 Å². The summed E-state index contributed by atoms with van der Waals surface area (Å²) in [4.78, 5) is 57.7. The molecule has 8 nitrogen and oxygen atoms in total. The minimum absolute atomic E-state index is 0.229. The van der Waals surface area contributed by atoms with E-state index >= 15 is 0 Å². The predicted molar refractivity (Wildman–Crippen MR) is 96.3 cm³/mol. The molecule has 3 heterocycles. The van der Waals surface area contributed by atoms with Crippen molar-refractivity contribution >= 4 is 46.6 Å². The Bertz CT molecular complexity index is 720. The Morgan fingerprint density at radius 1 is 1.23 bits per heavy atom. The van der Waals surface area contributed by atoms with Gasteiger partial charge >= 0.3 is 0 Å². The lowest BCUT2D eigenvalue weighted by Gasteiger charge is -2.26. The smallest absolute Gasteiger partial charge is 0.253 e. The molecule has 140 valence electrons. The molecule has 0 spiro atoms. The van der Waals surface area contributed by atoms with E-state index in [4.69, 9.17) is 4.79 Å². The lowest BCUT2D eigenvalue weighted by atomic mass is 10.1. The molecule has 2 aliphatic rings. The number of amides is 3. The van der Waals surface area contributed by atoms with Crippen molar-refractivity contribution in [2.45, 2.75) is 38.6 Å². The summed E-state index contributed by atoms with van der Waals surface area (Å²) in [5, 5.41) is 5.90. The van der Waals surface area contributed by atoms with Crippen LogP contribution in [-0.2, 0) is 19.2 Å². The van der Waals surface area contributed by atoms with Crippen LogP contribution in [0.4, 0.5) is 5.00 Å². The first-order chi connectivity index (χ1) is 12.4. The van der Waals surface area contributed by atoms with Crippen molar-refractivity contribution in [2.24, 2.45) is 0 Å². The number of Topliss-reactive ketones (excluding diaryl/α,β-unsaturated/α-hetero) is 1. The van der Waals surface area contributed by atoms with Crippen molar-refractivity contribution in [1.29, 1.82) is 0 Å². The average molecular weight is 379 g/mol. The number of thiophene rings is 1. The SMILES string of the molecule is C=O.Cc1sc(N2CCC(=O)CC2)cc1C(=O)NC1CCC(=O)NC1=O. The van der Waals surface area contributed by atoms with E-state index in [0.29, 0.717) is 37.9 Å². The maximum Gasteiger partial charge on any atom is 0.253 e. The molecule has 0 aromatic carbocycles. The first-order valence-corrected chi connectivity index (χ1v) is 9.06. The maximum absolute atomic E-state index is 12.5. The number of aryl methyl sites for hydroxylation is 1. The monoisotopic (exact) mass is 379 g/mol. The van der Waals surface area contributed by atoms with E-state index in [2.05, 4.69) is 15.5 Å². The van der Waals surface area contributed by atoms with Gasteiger partial charge in [-0.15, -0.1) is 11.3 Å². The van der Waals surface area contributed by atoms with Crippen LogP contribution in [0, 0.1) is 6.92 Å². The fraction of sp³-hybridized carbons (Fsp3) is 0.471. The van der Waals surface area contributed by atoms with Gasteiger partial charge in [-0.3, -0.25) is 24.5 Å². The molecule has 0 aliphatic carbocycles. The minimum atomic E-state index is -0.675. The second kappa shape index (κ2) is 8.70. The molecule has 1 atom stereocenters. The van der Waals surface area contributed by atoms with Crippen LogP contribution >= 0.6 is 11.3 Å². The zero-order chi connectivity index (χ0) is 19.3. The van der Waals surface area contributed by atoms with Gasteiger partial charge in [0.05, 0.1) is 10.6 Å². The summed E-state index contributed by atoms with van der Waals surface area (Å²) in [7, 11) is 0. The molecule has 2 fully saturated rings. The molecule has 0 saturated carbocycles. The van der Waals surface area contributed by atoms with E-state index in [1.54, 1.807) is 0 Å². The number of imide groups is 1. The van der Waals surface area contributed by atoms with Crippen molar-refractivity contribution in [3.8, 4) is 0 Å². The standard InChI is InChI=1S/C16H19N3O4S.CH2O/c1-9-11(8-14(24-9)19-6-4-10(20)5-7-19)15(22)17-12-2-3-13(21)18-16(12)23;1-2/h8,12H,2-7H2,1H3,(H,17,22)(H,18,21,23);1H2. The summed E-state index contributed by atoms with van der Waals surface area (Å²) in [5.74, 6) is -0.797. The van der Waals surface area contributed by atoms with Crippen molar-refractivity contribution in [1.82, 2.24) is 10.6 Å². The highest BCUT2D eigenvalue weighted by Gasteiger charge is 2.29. The molecule has 0 radical (unpaired) electrons. The van der Waals surface area contributed by atoms with Gasteiger partial charge in [-0.25, -0.2) is 0 Å². The molecule has 3 amide bonds. The number of piperidine rings is 2. The topological polar surface area (TPSA) is 113 Å². The van der Waals surface area contributed by atoms with E-state index in [1.165, 1.54) is 11.3 Å². The molecule has 1 aromatic heterocycles. The second-order valence-corrected chi connectivity index (χ2v) is 7.29. The number of anilines is 1. The number of hydrogen-bond donors (Lipinski definition) is 2. The molecule has 9 heteroatoms. The molecule has 2 saturated heterocycles. The van der Waals surface area contributed by atoms with Gasteiger partial charge in [0.2, 0.25) is 11.8 Å². The Morgan fingerprint density at radius 3 is 2.50 bits per heavy atom. The van der Waals surface area contributed by atoms with Crippen LogP contribution in [0.3, 0.4) is 0 Å². The largest absolute Gasteiger partial charge is 0.363 e. The van der Waals surface area contributed by atoms with Crippen LogP contribution in [0.5, 0.6) is 0 Å². The fourth-order valence-corrected chi connectivity index (χ4v) is 3.96. The van der Waals surface area contributed by atoms with Gasteiger partial charge in [0.25, 0.3) is 5.91 Å². The van der Waals surface area contributed by atoms with E-state index in [9.17, 15) is 19.2 Å². The van der Waals surface area contributed by atoms with Crippen LogP contribution in [0.15, 0.2) is 6.07 Å². The predicted octanol–water partition coefficient (Wildman–Crippen LogP) is 0.576. The highest BCUT2D eigenvalue weighted by atomic mass is 32.1. The molecule has 26 heavy (non-hydrogen) atoms. The summed E-state index contributed by atoms with van der Waals surface area (Å²) >= 11 is 1.51. The maximum atomic E-state index is 12.5. The number of nitrogens with zero attached hydrogens (tertiary/aromatic N) is 1. The zero-order valence-electron chi connectivity index (χ0n) is 14.5. The minimum Gasteiger partial charge on any atom is -0.363 e. The van der Waals surface area contributed by atoms with Crippen LogP contribution in [0.25, 0.3) is 0 Å². The molecule has 2 N–H and O–H groups in total. The highest BCUT2D eigenvalue weighted by Crippen LogP contribution is 2.31. The van der Waals surface area contributed by atoms with Gasteiger partial charge in [-0.2, -0.15) is 0 Å². The number of rotatable bonds is 3. The second-order valence-electron chi connectivity index (χ2n) is 6.06. The van der Waals surface area contributed by atoms with Crippen LogP contribution in [-0.4, -0.2) is 49.4 Å². The number of carbonyl (C=O) groups is 5. The van der Waals surface area contributed by atoms with Gasteiger partial charge in [-0.1, -0.05) is 0 Å². The first kappa shape index (κ1) is 19.8. The van der Waals surface area contributed by atoms with Crippen molar-refractivity contribution in [3.63, 3.8) is 0 Å². The number of nitrogens with one attached hydrogen (secondary N) is 2. The normalized spacial score (nSPS) is 20.1. The fourth-order valence-electron chi connectivity index (χ4n) is 2.89. The van der Waals surface area contributed by atoms with Crippen molar-refractivity contribution in [2.75, 3.05) is 18.0 Å². The zero-order valence-corrected chi connectivity index (χ0v) is 15.3. The molecule has 3 rings (SSSR count). The average Bonchev–Trinajstić information content (AvgIpc) is 3.01. The van der Waals surface area contributed by atoms with Crippen LogP contribution < -0.4 is 15.5 Å². The van der Waals surface area contributed by atoms with E-state index in [-0.39, 0.29) is 24.0 Å². The molecule has 0 bridgehead atoms. The third-order valence-corrected chi connectivity index (χ3v) is 5.44. The number of ketones is 1. The Morgan fingerprint density at radius 2 is 1.88 bits per heavy atom. The van der Waals surface area contributed by atoms with Crippen molar-refractivity contribution < 1.29 is 24.0 Å². The molecular weight excluding hydrogens is 358 g/mol. The van der Waals surface area contributed by atoms with E-state index in [1.807, 2.05) is 19.8 Å². The summed E-state index contributed by atoms with van der Waals surface area (Å²) < 4.78 is 0. The number of hydrogen-bond acceptors (Lipinski definition) is 7. The summed E-state index contributed by atoms with van der Waals surface area (Å²) in [6.45, 7) is 5.21. The van der Waals surface area contributed by atoms with Crippen LogP contribution in [0.2, 0.25) is 0 Å². The van der Waals surface area contributed by atoms with Gasteiger partial charge in [0.15, 0.2) is 0 Å². The van der Waals surface area contributed by atoms with Crippen LogP contribution in [0.1, 0.15) is 40.9 Å². The van der Waals surface area contributed by atoms with Gasteiger partial charge in [-0.05, 0) is 19.4 Å². The third-order valence-electron chi connectivity index (χ3n) is 4.33. The molecule has 1 unspecified atom stereocenters. The van der Waals surface area contributed by atoms with Gasteiger partial charge < -0.3 is 15.0 Å². The molecule has 2 aliphatic heterocycles. The Kier molecular flexibility index (Phi) is 6.62. The van der Waals surface area contributed by atoms with E-state index < -0.39 is 11.9 Å². The first-order valence-electron chi connectivity index (χ1n) is 8.24. The lowest BCUT2D eigenvalue weighted by molar-refractivity contribution is -0.134. The highest BCUT2D eigenvalue weighted by molar-refractivity contribution is 7.16. The third kappa shape index (κ3) is 4.54. The summed E-state index contributed by atoms with van der Waals surface area (Å²) in [6.07, 6.45) is 1.62. The summed E-state index contributed by atoms with van der Waals surface area (Å²) in [5.41, 5.74) is 0.539. The van der Waals surface area contributed by atoms with Gasteiger partial charge in [0, 0.05) is 37.2 Å². The quantitative estimate of drug-likeness (QED) is 0.743. The number of carbonyl (C=O) groups excluding carboxylic acids is 5. The summed E-state index contributed by atoms with van der Waals surface area (Å²) in [6, 6.07) is 1.14. The Balaban J connectivity index is 0.00000117. The Labute approximate surface area is 154 Å².